The minimum atomic E-state index is -0.157. The van der Waals surface area contributed by atoms with Crippen LogP contribution in [0.3, 0.4) is 0 Å². The van der Waals surface area contributed by atoms with Gasteiger partial charge in [0.1, 0.15) is 0 Å². The van der Waals surface area contributed by atoms with Crippen molar-refractivity contribution in [1.82, 2.24) is 10.2 Å². The lowest BCUT2D eigenvalue weighted by Gasteiger charge is -2.27. The third kappa shape index (κ3) is 5.72. The molecule has 4 nitrogen and oxygen atoms in total. The molecule has 0 spiro atoms. The highest BCUT2D eigenvalue weighted by atomic mass is 16.2. The molecule has 0 saturated heterocycles. The van der Waals surface area contributed by atoms with Crippen LogP contribution in [0.2, 0.25) is 0 Å². The maximum Gasteiger partial charge on any atom is 0.237 e. The standard InChI is InChI=1S/C16H27N3O/c1-3-4-11-18-16(20)14(2)19(12-10-17)13-15-8-6-5-7-9-15/h5-9,14H,3-4,10-13,17H2,1-2H3,(H,18,20). The van der Waals surface area contributed by atoms with Crippen LogP contribution in [0.4, 0.5) is 0 Å². The number of hydrogen-bond donors (Lipinski definition) is 2. The summed E-state index contributed by atoms with van der Waals surface area (Å²) in [6.45, 7) is 6.84. The molecule has 1 unspecified atom stereocenters. The molecule has 1 rings (SSSR count). The van der Waals surface area contributed by atoms with Gasteiger partial charge in [0.15, 0.2) is 0 Å². The van der Waals surface area contributed by atoms with E-state index in [2.05, 4.69) is 29.3 Å². The minimum absolute atomic E-state index is 0.0860. The third-order valence-electron chi connectivity index (χ3n) is 3.40. The second kappa shape index (κ2) is 9.50. The van der Waals surface area contributed by atoms with E-state index in [1.165, 1.54) is 5.56 Å². The second-order valence-electron chi connectivity index (χ2n) is 5.07. The monoisotopic (exact) mass is 277 g/mol. The third-order valence-corrected chi connectivity index (χ3v) is 3.40. The molecule has 0 aliphatic heterocycles. The molecule has 1 atom stereocenters. The smallest absolute Gasteiger partial charge is 0.237 e. The summed E-state index contributed by atoms with van der Waals surface area (Å²) >= 11 is 0. The molecule has 1 aromatic carbocycles. The molecule has 20 heavy (non-hydrogen) atoms. The van der Waals surface area contributed by atoms with Crippen LogP contribution in [0, 0.1) is 0 Å². The lowest BCUT2D eigenvalue weighted by atomic mass is 10.1. The van der Waals surface area contributed by atoms with Crippen molar-refractivity contribution in [3.05, 3.63) is 35.9 Å². The van der Waals surface area contributed by atoms with Gasteiger partial charge in [0.05, 0.1) is 6.04 Å². The van der Waals surface area contributed by atoms with Gasteiger partial charge in [0.25, 0.3) is 0 Å². The van der Waals surface area contributed by atoms with Crippen molar-refractivity contribution in [2.75, 3.05) is 19.6 Å². The van der Waals surface area contributed by atoms with Crippen LogP contribution >= 0.6 is 0 Å². The predicted molar refractivity (Wildman–Crippen MR) is 83.3 cm³/mol. The normalized spacial score (nSPS) is 12.4. The Bertz CT molecular complexity index is 381. The summed E-state index contributed by atoms with van der Waals surface area (Å²) < 4.78 is 0. The topological polar surface area (TPSA) is 58.4 Å². The number of carbonyl (C=O) groups is 1. The average molecular weight is 277 g/mol. The van der Waals surface area contributed by atoms with E-state index in [9.17, 15) is 4.79 Å². The zero-order valence-corrected chi connectivity index (χ0v) is 12.6. The Hall–Kier alpha value is -1.39. The first-order chi connectivity index (χ1) is 9.69. The number of nitrogens with two attached hydrogens (primary N) is 1. The summed E-state index contributed by atoms with van der Waals surface area (Å²) in [4.78, 5) is 14.3. The van der Waals surface area contributed by atoms with Crippen molar-refractivity contribution in [2.24, 2.45) is 5.73 Å². The van der Waals surface area contributed by atoms with Gasteiger partial charge in [0, 0.05) is 26.2 Å². The molecule has 112 valence electrons. The highest BCUT2D eigenvalue weighted by Gasteiger charge is 2.20. The van der Waals surface area contributed by atoms with E-state index in [-0.39, 0.29) is 11.9 Å². The van der Waals surface area contributed by atoms with Gasteiger partial charge in [-0.3, -0.25) is 9.69 Å². The summed E-state index contributed by atoms with van der Waals surface area (Å²) in [6, 6.07) is 10.0. The first-order valence-corrected chi connectivity index (χ1v) is 7.44. The number of hydrogen-bond acceptors (Lipinski definition) is 3. The van der Waals surface area contributed by atoms with Gasteiger partial charge in [-0.05, 0) is 18.9 Å². The van der Waals surface area contributed by atoms with Gasteiger partial charge in [0.2, 0.25) is 5.91 Å². The Balaban J connectivity index is 2.57. The molecule has 0 radical (unpaired) electrons. The van der Waals surface area contributed by atoms with E-state index in [0.29, 0.717) is 6.54 Å². The number of nitrogens with zero attached hydrogens (tertiary/aromatic N) is 1. The number of nitrogens with one attached hydrogen (secondary N) is 1. The van der Waals surface area contributed by atoms with Crippen LogP contribution in [0.1, 0.15) is 32.3 Å². The van der Waals surface area contributed by atoms with E-state index in [4.69, 9.17) is 5.73 Å². The van der Waals surface area contributed by atoms with Crippen LogP contribution in [0.15, 0.2) is 30.3 Å². The summed E-state index contributed by atoms with van der Waals surface area (Å²) in [6.07, 6.45) is 2.11. The zero-order valence-electron chi connectivity index (χ0n) is 12.6. The Morgan fingerprint density at radius 2 is 2.05 bits per heavy atom. The molecule has 0 heterocycles. The van der Waals surface area contributed by atoms with Crippen LogP contribution < -0.4 is 11.1 Å². The van der Waals surface area contributed by atoms with Crippen molar-refractivity contribution in [3.8, 4) is 0 Å². The molecule has 0 saturated carbocycles. The molecule has 1 amide bonds. The molecule has 0 bridgehead atoms. The molecule has 4 heteroatoms. The minimum Gasteiger partial charge on any atom is -0.355 e. The van der Waals surface area contributed by atoms with E-state index < -0.39 is 0 Å². The number of amides is 1. The van der Waals surface area contributed by atoms with E-state index in [1.54, 1.807) is 0 Å². The highest BCUT2D eigenvalue weighted by molar-refractivity contribution is 5.81. The summed E-state index contributed by atoms with van der Waals surface area (Å²) in [7, 11) is 0. The second-order valence-corrected chi connectivity index (χ2v) is 5.07. The fourth-order valence-electron chi connectivity index (χ4n) is 2.10. The maximum atomic E-state index is 12.1. The number of benzene rings is 1. The Morgan fingerprint density at radius 3 is 2.65 bits per heavy atom. The van der Waals surface area contributed by atoms with E-state index in [0.717, 1.165) is 32.5 Å². The van der Waals surface area contributed by atoms with E-state index in [1.807, 2.05) is 25.1 Å². The first kappa shape index (κ1) is 16.7. The number of unbranched alkanes of at least 4 members (excludes halogenated alkanes) is 1. The van der Waals surface area contributed by atoms with Gasteiger partial charge >= 0.3 is 0 Å². The fraction of sp³-hybridized carbons (Fsp3) is 0.562. The first-order valence-electron chi connectivity index (χ1n) is 7.44. The van der Waals surface area contributed by atoms with Crippen LogP contribution in [0.5, 0.6) is 0 Å². The van der Waals surface area contributed by atoms with Gasteiger partial charge < -0.3 is 11.1 Å². The largest absolute Gasteiger partial charge is 0.355 e. The van der Waals surface area contributed by atoms with Gasteiger partial charge in [-0.2, -0.15) is 0 Å². The van der Waals surface area contributed by atoms with Crippen LogP contribution in [0.25, 0.3) is 0 Å². The molecule has 0 aromatic heterocycles. The molecule has 0 aliphatic rings. The van der Waals surface area contributed by atoms with Gasteiger partial charge in [-0.1, -0.05) is 43.7 Å². The van der Waals surface area contributed by atoms with Crippen molar-refractivity contribution in [1.29, 1.82) is 0 Å². The Morgan fingerprint density at radius 1 is 1.35 bits per heavy atom. The summed E-state index contributed by atoms with van der Waals surface area (Å²) in [5, 5.41) is 2.99. The fourth-order valence-corrected chi connectivity index (χ4v) is 2.10. The van der Waals surface area contributed by atoms with Gasteiger partial charge in [-0.25, -0.2) is 0 Å². The molecule has 0 fully saturated rings. The van der Waals surface area contributed by atoms with Crippen molar-refractivity contribution >= 4 is 5.91 Å². The lowest BCUT2D eigenvalue weighted by Crippen LogP contribution is -2.46. The number of carbonyl (C=O) groups excluding carboxylic acids is 1. The van der Waals surface area contributed by atoms with Crippen LogP contribution in [-0.2, 0) is 11.3 Å². The molecular formula is C16H27N3O. The summed E-state index contributed by atoms with van der Waals surface area (Å²) in [5.41, 5.74) is 6.87. The Labute approximate surface area is 122 Å². The Kier molecular flexibility index (Phi) is 7.92. The number of rotatable bonds is 9. The lowest BCUT2D eigenvalue weighted by molar-refractivity contribution is -0.126. The molecule has 3 N–H and O–H groups in total. The molecule has 1 aromatic rings. The molecule has 0 aliphatic carbocycles. The van der Waals surface area contributed by atoms with Gasteiger partial charge in [-0.15, -0.1) is 0 Å². The maximum absolute atomic E-state index is 12.1. The zero-order chi connectivity index (χ0) is 14.8. The average Bonchev–Trinajstić information content (AvgIpc) is 2.47. The molecular weight excluding hydrogens is 250 g/mol. The van der Waals surface area contributed by atoms with Crippen LogP contribution in [-0.4, -0.2) is 36.5 Å². The quantitative estimate of drug-likeness (QED) is 0.676. The van der Waals surface area contributed by atoms with E-state index >= 15 is 0 Å². The van der Waals surface area contributed by atoms with Crippen molar-refractivity contribution in [2.45, 2.75) is 39.3 Å². The SMILES string of the molecule is CCCCNC(=O)C(C)N(CCN)Cc1ccccc1. The highest BCUT2D eigenvalue weighted by Crippen LogP contribution is 2.08. The summed E-state index contributed by atoms with van der Waals surface area (Å²) in [5.74, 6) is 0.0860. The van der Waals surface area contributed by atoms with Crippen molar-refractivity contribution < 1.29 is 4.79 Å². The predicted octanol–water partition coefficient (Wildman–Crippen LogP) is 1.75. The van der Waals surface area contributed by atoms with Crippen molar-refractivity contribution in [3.63, 3.8) is 0 Å².